The van der Waals surface area contributed by atoms with Crippen LogP contribution < -0.4 is 0 Å². The first-order valence-corrected chi connectivity index (χ1v) is 7.82. The fourth-order valence-electron chi connectivity index (χ4n) is 2.76. The summed E-state index contributed by atoms with van der Waals surface area (Å²) >= 11 is 0. The minimum atomic E-state index is -0.666. The second-order valence-corrected chi connectivity index (χ2v) is 7.06. The second-order valence-electron chi connectivity index (χ2n) is 7.06. The molecule has 5 nitrogen and oxygen atoms in total. The Bertz CT molecular complexity index is 747. The van der Waals surface area contributed by atoms with E-state index in [1.165, 1.54) is 17.0 Å². The Hall–Kier alpha value is -2.31. The minimum absolute atomic E-state index is 0.0971. The Morgan fingerprint density at radius 3 is 2.50 bits per heavy atom. The van der Waals surface area contributed by atoms with Crippen LogP contribution in [0, 0.1) is 11.6 Å². The minimum Gasteiger partial charge on any atom is -0.337 e. The van der Waals surface area contributed by atoms with Gasteiger partial charge in [-0.1, -0.05) is 25.9 Å². The van der Waals surface area contributed by atoms with Crippen molar-refractivity contribution in [3.63, 3.8) is 0 Å². The molecule has 2 heterocycles. The predicted molar refractivity (Wildman–Crippen MR) is 81.9 cm³/mol. The molecule has 24 heavy (non-hydrogen) atoms. The molecule has 7 heteroatoms. The Morgan fingerprint density at radius 1 is 1.25 bits per heavy atom. The fraction of sp³-hybridized carbons (Fsp3) is 0.471. The number of amides is 1. The molecular weight excluding hydrogens is 316 g/mol. The van der Waals surface area contributed by atoms with E-state index in [4.69, 9.17) is 4.52 Å². The van der Waals surface area contributed by atoms with Crippen LogP contribution in [0.15, 0.2) is 22.7 Å². The molecule has 1 aliphatic heterocycles. The standard InChI is InChI=1S/C17H19F2N3O2/c1-17(2,3)16-20-15(24-21-16)13-4-5-14(23)22(13)9-10-6-11(18)8-12(19)7-10/h6-8,13H,4-5,9H2,1-3H3. The Morgan fingerprint density at radius 2 is 1.92 bits per heavy atom. The molecule has 0 N–H and O–H groups in total. The molecule has 0 saturated carbocycles. The molecule has 0 aliphatic carbocycles. The highest BCUT2D eigenvalue weighted by atomic mass is 19.1. The molecule has 0 spiro atoms. The van der Waals surface area contributed by atoms with Crippen molar-refractivity contribution >= 4 is 5.91 Å². The summed E-state index contributed by atoms with van der Waals surface area (Å²) < 4.78 is 32.1. The van der Waals surface area contributed by atoms with Crippen molar-refractivity contribution in [1.29, 1.82) is 0 Å². The molecule has 1 aromatic heterocycles. The van der Waals surface area contributed by atoms with E-state index >= 15 is 0 Å². The van der Waals surface area contributed by atoms with Crippen LogP contribution in [0.4, 0.5) is 8.78 Å². The van der Waals surface area contributed by atoms with Crippen LogP contribution in [0.25, 0.3) is 0 Å². The van der Waals surface area contributed by atoms with Crippen LogP contribution >= 0.6 is 0 Å². The zero-order valence-electron chi connectivity index (χ0n) is 13.8. The molecule has 128 valence electrons. The molecule has 2 aromatic rings. The molecule has 0 radical (unpaired) electrons. The Labute approximate surface area is 138 Å². The highest BCUT2D eigenvalue weighted by molar-refractivity contribution is 5.78. The number of hydrogen-bond acceptors (Lipinski definition) is 4. The highest BCUT2D eigenvalue weighted by Gasteiger charge is 2.36. The first-order valence-electron chi connectivity index (χ1n) is 7.82. The number of halogens is 2. The largest absolute Gasteiger partial charge is 0.337 e. The van der Waals surface area contributed by atoms with Gasteiger partial charge in [0.25, 0.3) is 0 Å². The third-order valence-electron chi connectivity index (χ3n) is 4.00. The maximum absolute atomic E-state index is 13.4. The van der Waals surface area contributed by atoms with Gasteiger partial charge in [0, 0.05) is 24.4 Å². The van der Waals surface area contributed by atoms with Crippen molar-refractivity contribution in [3.05, 3.63) is 47.1 Å². The van der Waals surface area contributed by atoms with E-state index in [0.717, 1.165) is 6.07 Å². The van der Waals surface area contributed by atoms with Crippen molar-refractivity contribution in [1.82, 2.24) is 15.0 Å². The third-order valence-corrected chi connectivity index (χ3v) is 4.00. The van der Waals surface area contributed by atoms with Gasteiger partial charge in [0.05, 0.1) is 0 Å². The van der Waals surface area contributed by atoms with E-state index in [9.17, 15) is 13.6 Å². The van der Waals surface area contributed by atoms with E-state index in [1.54, 1.807) is 0 Å². The van der Waals surface area contributed by atoms with Crippen molar-refractivity contribution in [2.24, 2.45) is 0 Å². The predicted octanol–water partition coefficient (Wildman–Crippen LogP) is 3.51. The van der Waals surface area contributed by atoms with Gasteiger partial charge in [0.2, 0.25) is 11.8 Å². The van der Waals surface area contributed by atoms with Gasteiger partial charge in [-0.2, -0.15) is 4.98 Å². The number of likely N-dealkylation sites (tertiary alicyclic amines) is 1. The van der Waals surface area contributed by atoms with E-state index in [1.807, 2.05) is 20.8 Å². The topological polar surface area (TPSA) is 59.2 Å². The fourth-order valence-corrected chi connectivity index (χ4v) is 2.76. The maximum Gasteiger partial charge on any atom is 0.249 e. The second kappa shape index (κ2) is 5.96. The number of hydrogen-bond donors (Lipinski definition) is 0. The van der Waals surface area contributed by atoms with Crippen LogP contribution in [0.2, 0.25) is 0 Å². The average molecular weight is 335 g/mol. The van der Waals surface area contributed by atoms with Crippen molar-refractivity contribution < 1.29 is 18.1 Å². The molecule has 1 aliphatic rings. The van der Waals surface area contributed by atoms with Crippen LogP contribution in [0.1, 0.15) is 56.9 Å². The van der Waals surface area contributed by atoms with Gasteiger partial charge in [-0.05, 0) is 24.1 Å². The molecule has 1 unspecified atom stereocenters. The smallest absolute Gasteiger partial charge is 0.249 e. The number of nitrogens with zero attached hydrogens (tertiary/aromatic N) is 3. The zero-order valence-corrected chi connectivity index (χ0v) is 13.8. The lowest BCUT2D eigenvalue weighted by Crippen LogP contribution is -2.27. The van der Waals surface area contributed by atoms with Gasteiger partial charge >= 0.3 is 0 Å². The number of aromatic nitrogens is 2. The summed E-state index contributed by atoms with van der Waals surface area (Å²) in [5.41, 5.74) is 0.129. The molecule has 1 amide bonds. The molecule has 0 bridgehead atoms. The van der Waals surface area contributed by atoms with Crippen molar-refractivity contribution in [2.75, 3.05) is 0 Å². The van der Waals surface area contributed by atoms with Gasteiger partial charge < -0.3 is 9.42 Å². The van der Waals surface area contributed by atoms with Gasteiger partial charge in [0.15, 0.2) is 5.82 Å². The Kier molecular flexibility index (Phi) is 4.11. The van der Waals surface area contributed by atoms with Crippen LogP contribution in [-0.2, 0) is 16.8 Å². The van der Waals surface area contributed by atoms with Crippen LogP contribution in [0.3, 0.4) is 0 Å². The summed E-state index contributed by atoms with van der Waals surface area (Å²) in [7, 11) is 0. The summed E-state index contributed by atoms with van der Waals surface area (Å²) in [6.07, 6.45) is 0.887. The van der Waals surface area contributed by atoms with E-state index in [-0.39, 0.29) is 23.9 Å². The summed E-state index contributed by atoms with van der Waals surface area (Å²) in [4.78, 5) is 18.1. The van der Waals surface area contributed by atoms with Gasteiger partial charge in [0.1, 0.15) is 17.7 Å². The summed E-state index contributed by atoms with van der Waals surface area (Å²) in [5.74, 6) is -0.501. The molecule has 1 saturated heterocycles. The van der Waals surface area contributed by atoms with Gasteiger partial charge in [-0.15, -0.1) is 0 Å². The highest BCUT2D eigenvalue weighted by Crippen LogP contribution is 2.34. The maximum atomic E-state index is 13.4. The van der Waals surface area contributed by atoms with E-state index in [0.29, 0.717) is 30.1 Å². The third kappa shape index (κ3) is 3.29. The lowest BCUT2D eigenvalue weighted by Gasteiger charge is -2.22. The monoisotopic (exact) mass is 335 g/mol. The molecular formula is C17H19F2N3O2. The summed E-state index contributed by atoms with van der Waals surface area (Å²) in [5, 5.41) is 3.98. The molecule has 1 fully saturated rings. The number of carbonyl (C=O) groups is 1. The van der Waals surface area contributed by atoms with Crippen molar-refractivity contribution in [3.8, 4) is 0 Å². The molecule has 1 aromatic carbocycles. The average Bonchev–Trinajstić information content (AvgIpc) is 3.05. The lowest BCUT2D eigenvalue weighted by atomic mass is 9.96. The first-order chi connectivity index (χ1) is 11.2. The van der Waals surface area contributed by atoms with E-state index < -0.39 is 11.6 Å². The van der Waals surface area contributed by atoms with Crippen molar-refractivity contribution in [2.45, 2.75) is 51.6 Å². The lowest BCUT2D eigenvalue weighted by molar-refractivity contribution is -0.130. The first kappa shape index (κ1) is 16.5. The Balaban J connectivity index is 1.85. The summed E-state index contributed by atoms with van der Waals surface area (Å²) in [6.45, 7) is 6.00. The summed E-state index contributed by atoms with van der Waals surface area (Å²) in [6, 6.07) is 2.88. The number of benzene rings is 1. The molecule has 3 rings (SSSR count). The molecule has 1 atom stereocenters. The van der Waals surface area contributed by atoms with Crippen LogP contribution in [-0.4, -0.2) is 20.9 Å². The SMILES string of the molecule is CC(C)(C)c1noc(C2CCC(=O)N2Cc2cc(F)cc(F)c2)n1. The van der Waals surface area contributed by atoms with Gasteiger partial charge in [-0.25, -0.2) is 8.78 Å². The number of rotatable bonds is 3. The van der Waals surface area contributed by atoms with E-state index in [2.05, 4.69) is 10.1 Å². The number of carbonyl (C=O) groups excluding carboxylic acids is 1. The van der Waals surface area contributed by atoms with Gasteiger partial charge in [-0.3, -0.25) is 4.79 Å². The normalized spacial score (nSPS) is 18.5. The zero-order chi connectivity index (χ0) is 17.5. The van der Waals surface area contributed by atoms with Crippen LogP contribution in [0.5, 0.6) is 0 Å². The quantitative estimate of drug-likeness (QED) is 0.861.